The van der Waals surface area contributed by atoms with Crippen LogP contribution < -0.4 is 0 Å². The summed E-state index contributed by atoms with van der Waals surface area (Å²) in [4.78, 5) is 0. The van der Waals surface area contributed by atoms with Crippen molar-refractivity contribution in [3.63, 3.8) is 0 Å². The van der Waals surface area contributed by atoms with Gasteiger partial charge in [0.2, 0.25) is 0 Å². The Bertz CT molecular complexity index is 148. The summed E-state index contributed by atoms with van der Waals surface area (Å²) in [6, 6.07) is 0. The van der Waals surface area contributed by atoms with Crippen molar-refractivity contribution in [2.75, 3.05) is 0 Å². The number of hydrogen-bond donors (Lipinski definition) is 1. The molecule has 0 amide bonds. The summed E-state index contributed by atoms with van der Waals surface area (Å²) < 4.78 is 5.79. The molecule has 2 heteroatoms. The third-order valence-corrected chi connectivity index (χ3v) is 3.41. The van der Waals surface area contributed by atoms with Crippen molar-refractivity contribution in [2.45, 2.75) is 50.1 Å². The highest BCUT2D eigenvalue weighted by Crippen LogP contribution is 2.38. The van der Waals surface area contributed by atoms with Gasteiger partial charge >= 0.3 is 0 Å². The SMILES string of the molecule is CC1CC2CCC(S)CC2O1. The molecule has 0 aromatic carbocycles. The van der Waals surface area contributed by atoms with E-state index in [9.17, 15) is 0 Å². The van der Waals surface area contributed by atoms with E-state index >= 15 is 0 Å². The first kappa shape index (κ1) is 7.93. The number of thiol groups is 1. The molecule has 11 heavy (non-hydrogen) atoms. The zero-order valence-electron chi connectivity index (χ0n) is 6.99. The highest BCUT2D eigenvalue weighted by molar-refractivity contribution is 7.80. The van der Waals surface area contributed by atoms with Gasteiger partial charge in [-0.3, -0.25) is 0 Å². The standard InChI is InChI=1S/C9H16OS/c1-6-4-7-2-3-8(11)5-9(7)10-6/h6-9,11H,2-5H2,1H3. The maximum absolute atomic E-state index is 5.79. The van der Waals surface area contributed by atoms with Crippen LogP contribution in [0.5, 0.6) is 0 Å². The van der Waals surface area contributed by atoms with Gasteiger partial charge in [-0.15, -0.1) is 0 Å². The largest absolute Gasteiger partial charge is 0.375 e. The lowest BCUT2D eigenvalue weighted by atomic mass is 9.85. The quantitative estimate of drug-likeness (QED) is 0.551. The van der Waals surface area contributed by atoms with Crippen LogP contribution in [0, 0.1) is 5.92 Å². The molecule has 0 spiro atoms. The minimum absolute atomic E-state index is 0.503. The lowest BCUT2D eigenvalue weighted by Crippen LogP contribution is -2.26. The molecule has 0 radical (unpaired) electrons. The van der Waals surface area contributed by atoms with E-state index < -0.39 is 0 Å². The van der Waals surface area contributed by atoms with Crippen molar-refractivity contribution in [3.05, 3.63) is 0 Å². The summed E-state index contributed by atoms with van der Waals surface area (Å²) in [5.74, 6) is 0.855. The molecule has 4 unspecified atom stereocenters. The summed E-state index contributed by atoms with van der Waals surface area (Å²) in [5, 5.41) is 0.599. The Morgan fingerprint density at radius 2 is 2.09 bits per heavy atom. The summed E-state index contributed by atoms with van der Waals surface area (Å²) in [7, 11) is 0. The minimum atomic E-state index is 0.503. The van der Waals surface area contributed by atoms with Crippen molar-refractivity contribution in [1.82, 2.24) is 0 Å². The summed E-state index contributed by atoms with van der Waals surface area (Å²) in [5.41, 5.74) is 0. The molecule has 64 valence electrons. The van der Waals surface area contributed by atoms with Crippen molar-refractivity contribution in [3.8, 4) is 0 Å². The molecule has 0 aromatic rings. The first-order valence-electron chi connectivity index (χ1n) is 4.59. The highest BCUT2D eigenvalue weighted by atomic mass is 32.1. The van der Waals surface area contributed by atoms with E-state index in [-0.39, 0.29) is 0 Å². The summed E-state index contributed by atoms with van der Waals surface area (Å²) in [6.07, 6.45) is 6.14. The van der Waals surface area contributed by atoms with Gasteiger partial charge in [0, 0.05) is 5.25 Å². The molecule has 1 aliphatic carbocycles. The van der Waals surface area contributed by atoms with Gasteiger partial charge in [0.05, 0.1) is 12.2 Å². The van der Waals surface area contributed by atoms with Gasteiger partial charge < -0.3 is 4.74 Å². The molecular weight excluding hydrogens is 156 g/mol. The molecule has 2 fully saturated rings. The van der Waals surface area contributed by atoms with Gasteiger partial charge in [-0.2, -0.15) is 12.6 Å². The van der Waals surface area contributed by atoms with E-state index in [1.54, 1.807) is 0 Å². The second kappa shape index (κ2) is 2.98. The molecule has 1 saturated carbocycles. The fourth-order valence-electron chi connectivity index (χ4n) is 2.39. The van der Waals surface area contributed by atoms with Gasteiger partial charge in [-0.05, 0) is 38.5 Å². The molecule has 1 nitrogen and oxygen atoms in total. The maximum Gasteiger partial charge on any atom is 0.0618 e. The normalized spacial score (nSPS) is 50.7. The molecule has 1 aliphatic heterocycles. The van der Waals surface area contributed by atoms with E-state index in [0.717, 1.165) is 5.92 Å². The smallest absolute Gasteiger partial charge is 0.0618 e. The van der Waals surface area contributed by atoms with Crippen molar-refractivity contribution >= 4 is 12.6 Å². The van der Waals surface area contributed by atoms with Crippen molar-refractivity contribution in [1.29, 1.82) is 0 Å². The Morgan fingerprint density at radius 1 is 1.27 bits per heavy atom. The second-order valence-corrected chi connectivity index (χ2v) is 4.68. The molecule has 0 N–H and O–H groups in total. The molecule has 1 heterocycles. The van der Waals surface area contributed by atoms with Crippen LogP contribution in [0.3, 0.4) is 0 Å². The van der Waals surface area contributed by atoms with Gasteiger partial charge in [0.1, 0.15) is 0 Å². The third-order valence-electron chi connectivity index (χ3n) is 2.94. The summed E-state index contributed by atoms with van der Waals surface area (Å²) in [6.45, 7) is 2.19. The molecule has 2 rings (SSSR count). The predicted molar refractivity (Wildman–Crippen MR) is 49.1 cm³/mol. The molecule has 0 bridgehead atoms. The van der Waals surface area contributed by atoms with E-state index in [1.807, 2.05) is 0 Å². The zero-order chi connectivity index (χ0) is 7.84. The van der Waals surface area contributed by atoms with E-state index in [1.165, 1.54) is 25.7 Å². The first-order valence-corrected chi connectivity index (χ1v) is 5.11. The van der Waals surface area contributed by atoms with Gasteiger partial charge in [-0.1, -0.05) is 0 Å². The second-order valence-electron chi connectivity index (χ2n) is 3.95. The molecule has 2 aliphatic rings. The summed E-state index contributed by atoms with van der Waals surface area (Å²) >= 11 is 4.49. The van der Waals surface area contributed by atoms with E-state index in [0.29, 0.717) is 17.5 Å². The zero-order valence-corrected chi connectivity index (χ0v) is 7.89. The van der Waals surface area contributed by atoms with Gasteiger partial charge in [0.15, 0.2) is 0 Å². The van der Waals surface area contributed by atoms with Crippen LogP contribution in [-0.2, 0) is 4.74 Å². The van der Waals surface area contributed by atoms with Crippen LogP contribution in [0.25, 0.3) is 0 Å². The Labute approximate surface area is 73.9 Å². The van der Waals surface area contributed by atoms with Gasteiger partial charge in [-0.25, -0.2) is 0 Å². The van der Waals surface area contributed by atoms with Crippen molar-refractivity contribution < 1.29 is 4.74 Å². The number of ether oxygens (including phenoxy) is 1. The monoisotopic (exact) mass is 172 g/mol. The fourth-order valence-corrected chi connectivity index (χ4v) is 2.74. The third kappa shape index (κ3) is 1.57. The topological polar surface area (TPSA) is 9.23 Å². The minimum Gasteiger partial charge on any atom is -0.375 e. The Balaban J connectivity index is 1.97. The van der Waals surface area contributed by atoms with Crippen LogP contribution in [-0.4, -0.2) is 17.5 Å². The number of fused-ring (bicyclic) bond motifs is 1. The van der Waals surface area contributed by atoms with Crippen LogP contribution in [0.4, 0.5) is 0 Å². The molecule has 4 atom stereocenters. The Morgan fingerprint density at radius 3 is 2.91 bits per heavy atom. The lowest BCUT2D eigenvalue weighted by molar-refractivity contribution is 0.0289. The van der Waals surface area contributed by atoms with Crippen LogP contribution in [0.2, 0.25) is 0 Å². The number of hydrogen-bond acceptors (Lipinski definition) is 2. The van der Waals surface area contributed by atoms with E-state index in [4.69, 9.17) is 4.74 Å². The average Bonchev–Trinajstić information content (AvgIpc) is 2.27. The number of rotatable bonds is 0. The fraction of sp³-hybridized carbons (Fsp3) is 1.00. The first-order chi connectivity index (χ1) is 5.25. The lowest BCUT2D eigenvalue weighted by Gasteiger charge is -2.27. The molecule has 1 saturated heterocycles. The van der Waals surface area contributed by atoms with Gasteiger partial charge in [0.25, 0.3) is 0 Å². The maximum atomic E-state index is 5.79. The van der Waals surface area contributed by atoms with Crippen molar-refractivity contribution in [2.24, 2.45) is 5.92 Å². The predicted octanol–water partition coefficient (Wildman–Crippen LogP) is 2.26. The van der Waals surface area contributed by atoms with Crippen LogP contribution in [0.1, 0.15) is 32.6 Å². The highest BCUT2D eigenvalue weighted by Gasteiger charge is 2.36. The Kier molecular flexibility index (Phi) is 2.15. The van der Waals surface area contributed by atoms with E-state index in [2.05, 4.69) is 19.6 Å². The Hall–Kier alpha value is 0.310. The molecule has 0 aromatic heterocycles. The van der Waals surface area contributed by atoms with Crippen LogP contribution in [0.15, 0.2) is 0 Å². The average molecular weight is 172 g/mol. The van der Waals surface area contributed by atoms with Crippen LogP contribution >= 0.6 is 12.6 Å². The molecular formula is C9H16OS.